The Morgan fingerprint density at radius 2 is 1.62 bits per heavy atom. The highest BCUT2D eigenvalue weighted by atomic mass is 15.1. The zero-order chi connectivity index (χ0) is 18.0. The lowest BCUT2D eigenvalue weighted by molar-refractivity contribution is 0.371. The first-order valence-electron chi connectivity index (χ1n) is 9.24. The average molecular weight is 341 g/mol. The first-order chi connectivity index (χ1) is 12.7. The highest BCUT2D eigenvalue weighted by Gasteiger charge is 2.51. The summed E-state index contributed by atoms with van der Waals surface area (Å²) in [5, 5.41) is 0. The van der Waals surface area contributed by atoms with Crippen molar-refractivity contribution in [3.63, 3.8) is 0 Å². The van der Waals surface area contributed by atoms with Crippen molar-refractivity contribution in [1.29, 1.82) is 0 Å². The molecular formula is C23H23N3. The molecule has 1 heterocycles. The number of aromatic nitrogens is 2. The van der Waals surface area contributed by atoms with Crippen LogP contribution in [0.2, 0.25) is 0 Å². The number of nitrogens with zero attached hydrogens (tertiary/aromatic N) is 3. The summed E-state index contributed by atoms with van der Waals surface area (Å²) in [6, 6.07) is 21.1. The lowest BCUT2D eigenvalue weighted by Crippen LogP contribution is -2.32. The lowest BCUT2D eigenvalue weighted by Gasteiger charge is -2.29. The molecule has 2 aromatic carbocycles. The second-order valence-corrected chi connectivity index (χ2v) is 7.24. The largest absolute Gasteiger partial charge is 0.334 e. The van der Waals surface area contributed by atoms with Gasteiger partial charge in [-0.3, -0.25) is 4.85 Å². The highest BCUT2D eigenvalue weighted by molar-refractivity contribution is 5.43. The second-order valence-electron chi connectivity index (χ2n) is 7.24. The van der Waals surface area contributed by atoms with E-state index in [-0.39, 0.29) is 5.92 Å². The fraction of sp³-hybridized carbons (Fsp3) is 0.304. The number of imidazole rings is 1. The third-order valence-corrected chi connectivity index (χ3v) is 5.75. The summed E-state index contributed by atoms with van der Waals surface area (Å²) < 4.78 is 2.24. The van der Waals surface area contributed by atoms with E-state index in [9.17, 15) is 0 Å². The summed E-state index contributed by atoms with van der Waals surface area (Å²) in [6.07, 6.45) is 7.21. The lowest BCUT2D eigenvalue weighted by atomic mass is 9.72. The topological polar surface area (TPSA) is 22.2 Å². The van der Waals surface area contributed by atoms with Crippen molar-refractivity contribution < 1.29 is 0 Å². The molecule has 1 fully saturated rings. The zero-order valence-corrected chi connectivity index (χ0v) is 15.0. The van der Waals surface area contributed by atoms with Crippen LogP contribution < -0.4 is 0 Å². The van der Waals surface area contributed by atoms with Gasteiger partial charge in [0, 0.05) is 29.3 Å². The van der Waals surface area contributed by atoms with Crippen molar-refractivity contribution in [1.82, 2.24) is 9.55 Å². The van der Waals surface area contributed by atoms with E-state index in [0.29, 0.717) is 6.04 Å². The van der Waals surface area contributed by atoms with Gasteiger partial charge in [-0.25, -0.2) is 11.6 Å². The Morgan fingerprint density at radius 3 is 2.12 bits per heavy atom. The number of aryl methyl sites for hydroxylation is 1. The molecule has 1 saturated carbocycles. The second kappa shape index (κ2) is 6.80. The molecule has 3 aromatic rings. The van der Waals surface area contributed by atoms with Crippen LogP contribution in [-0.2, 0) is 5.54 Å². The quantitative estimate of drug-likeness (QED) is 0.583. The molecule has 0 N–H and O–H groups in total. The minimum Gasteiger partial charge on any atom is -0.334 e. The smallest absolute Gasteiger partial charge is 0.285 e. The molecule has 4 rings (SSSR count). The Kier molecular flexibility index (Phi) is 4.34. The van der Waals surface area contributed by atoms with Crippen molar-refractivity contribution in [2.24, 2.45) is 5.92 Å². The minimum atomic E-state index is -0.618. The molecule has 0 aliphatic heterocycles. The molecule has 130 valence electrons. The molecule has 2 atom stereocenters. The third-order valence-electron chi connectivity index (χ3n) is 5.75. The standard InChI is InChI=1S/C23H23N3/c1-18-16-26(17-25-18)22-14-13-21(15-22)23(24-2,19-9-5-3-6-10-19)20-11-7-4-8-12-20/h3-12,16-17,21-22H,13-15H2,1H3/t21?,22-/m0/s1. The maximum Gasteiger partial charge on any atom is 0.285 e. The van der Waals surface area contributed by atoms with Crippen LogP contribution in [0.3, 0.4) is 0 Å². The fourth-order valence-electron chi connectivity index (χ4n) is 4.49. The first-order valence-corrected chi connectivity index (χ1v) is 9.24. The van der Waals surface area contributed by atoms with Crippen LogP contribution in [-0.4, -0.2) is 9.55 Å². The Hall–Kier alpha value is -2.86. The normalized spacial score (nSPS) is 20.0. The van der Waals surface area contributed by atoms with Gasteiger partial charge >= 0.3 is 0 Å². The van der Waals surface area contributed by atoms with Gasteiger partial charge in [-0.15, -0.1) is 0 Å². The van der Waals surface area contributed by atoms with Gasteiger partial charge in [-0.1, -0.05) is 60.7 Å². The summed E-state index contributed by atoms with van der Waals surface area (Å²) in [6.45, 7) is 10.3. The Bertz CT molecular complexity index is 866. The number of hydrogen-bond acceptors (Lipinski definition) is 1. The summed E-state index contributed by atoms with van der Waals surface area (Å²) in [4.78, 5) is 8.69. The number of benzene rings is 2. The molecule has 0 spiro atoms. The summed E-state index contributed by atoms with van der Waals surface area (Å²) >= 11 is 0. The van der Waals surface area contributed by atoms with Crippen molar-refractivity contribution in [3.05, 3.63) is 101 Å². The number of hydrogen-bond donors (Lipinski definition) is 0. The maximum absolute atomic E-state index is 8.23. The van der Waals surface area contributed by atoms with E-state index in [1.807, 2.05) is 49.6 Å². The Balaban J connectivity index is 1.76. The van der Waals surface area contributed by atoms with Gasteiger partial charge in [0.1, 0.15) is 0 Å². The van der Waals surface area contributed by atoms with Gasteiger partial charge < -0.3 is 4.57 Å². The monoisotopic (exact) mass is 341 g/mol. The molecule has 0 radical (unpaired) electrons. The molecule has 3 nitrogen and oxygen atoms in total. The Morgan fingerprint density at radius 1 is 1.00 bits per heavy atom. The van der Waals surface area contributed by atoms with Crippen LogP contribution in [0.5, 0.6) is 0 Å². The van der Waals surface area contributed by atoms with Crippen molar-refractivity contribution in [2.75, 3.05) is 0 Å². The van der Waals surface area contributed by atoms with Crippen LogP contribution >= 0.6 is 0 Å². The van der Waals surface area contributed by atoms with Gasteiger partial charge in [0.2, 0.25) is 0 Å². The highest BCUT2D eigenvalue weighted by Crippen LogP contribution is 2.50. The molecule has 26 heavy (non-hydrogen) atoms. The van der Waals surface area contributed by atoms with E-state index in [0.717, 1.165) is 36.1 Å². The summed E-state index contributed by atoms with van der Waals surface area (Å²) in [5.41, 5.74) is 2.64. The van der Waals surface area contributed by atoms with E-state index in [4.69, 9.17) is 6.57 Å². The minimum absolute atomic E-state index is 0.289. The fourth-order valence-corrected chi connectivity index (χ4v) is 4.49. The molecule has 0 amide bonds. The van der Waals surface area contributed by atoms with E-state index in [2.05, 4.69) is 44.9 Å². The van der Waals surface area contributed by atoms with Crippen LogP contribution in [0.4, 0.5) is 0 Å². The third kappa shape index (κ3) is 2.72. The van der Waals surface area contributed by atoms with Gasteiger partial charge in [0.05, 0.1) is 12.0 Å². The van der Waals surface area contributed by atoms with E-state index >= 15 is 0 Å². The number of rotatable bonds is 4. The predicted molar refractivity (Wildman–Crippen MR) is 104 cm³/mol. The average Bonchev–Trinajstić information content (AvgIpc) is 3.34. The van der Waals surface area contributed by atoms with Gasteiger partial charge in [-0.2, -0.15) is 0 Å². The van der Waals surface area contributed by atoms with Crippen LogP contribution in [0.25, 0.3) is 4.85 Å². The van der Waals surface area contributed by atoms with Crippen LogP contribution in [0, 0.1) is 19.4 Å². The summed E-state index contributed by atoms with van der Waals surface area (Å²) in [7, 11) is 0. The molecule has 1 unspecified atom stereocenters. The zero-order valence-electron chi connectivity index (χ0n) is 15.0. The molecule has 1 aliphatic rings. The van der Waals surface area contributed by atoms with Crippen molar-refractivity contribution in [2.45, 2.75) is 37.8 Å². The molecular weight excluding hydrogens is 318 g/mol. The van der Waals surface area contributed by atoms with Gasteiger partial charge in [0.25, 0.3) is 5.54 Å². The molecule has 3 heteroatoms. The van der Waals surface area contributed by atoms with E-state index < -0.39 is 5.54 Å². The van der Waals surface area contributed by atoms with E-state index in [1.54, 1.807) is 0 Å². The Labute approximate surface area is 155 Å². The molecule has 0 bridgehead atoms. The molecule has 0 saturated heterocycles. The predicted octanol–water partition coefficient (Wildman–Crippen LogP) is 5.40. The summed E-state index contributed by atoms with van der Waals surface area (Å²) in [5.74, 6) is 0.289. The molecule has 1 aromatic heterocycles. The van der Waals surface area contributed by atoms with Crippen LogP contribution in [0.1, 0.15) is 42.1 Å². The SMILES string of the molecule is [C-]#[N+]C(c1ccccc1)(c1ccccc1)C1CC[C@H](n2cnc(C)c2)C1. The molecule has 1 aliphatic carbocycles. The van der Waals surface area contributed by atoms with Gasteiger partial charge in [-0.05, 0) is 26.2 Å². The van der Waals surface area contributed by atoms with Gasteiger partial charge in [0.15, 0.2) is 0 Å². The maximum atomic E-state index is 8.23. The van der Waals surface area contributed by atoms with Crippen molar-refractivity contribution in [3.8, 4) is 0 Å². The first kappa shape index (κ1) is 16.6. The van der Waals surface area contributed by atoms with Crippen LogP contribution in [0.15, 0.2) is 73.2 Å². The van der Waals surface area contributed by atoms with Crippen molar-refractivity contribution >= 4 is 0 Å². The van der Waals surface area contributed by atoms with E-state index in [1.165, 1.54) is 0 Å².